The van der Waals surface area contributed by atoms with E-state index < -0.39 is 0 Å². The lowest BCUT2D eigenvalue weighted by molar-refractivity contribution is 0.0390. The second kappa shape index (κ2) is 5.52. The smallest absolute Gasteiger partial charge is 0.225 e. The van der Waals surface area contributed by atoms with Crippen LogP contribution in [0.4, 0.5) is 5.95 Å². The largest absolute Gasteiger partial charge is 0.367 e. The monoisotopic (exact) mass is 340 g/mol. The molecule has 0 aromatic carbocycles. The first-order chi connectivity index (χ1) is 9.22. The van der Waals surface area contributed by atoms with Gasteiger partial charge in [-0.3, -0.25) is 0 Å². The number of hydrogen-bond donors (Lipinski definition) is 0. The van der Waals surface area contributed by atoms with E-state index in [1.807, 2.05) is 12.3 Å². The second-order valence-corrected chi connectivity index (χ2v) is 6.14. The molecule has 100 valence electrons. The molecule has 0 amide bonds. The third-order valence-electron chi connectivity index (χ3n) is 2.87. The molecule has 0 spiro atoms. The highest BCUT2D eigenvalue weighted by Crippen LogP contribution is 2.26. The van der Waals surface area contributed by atoms with Crippen molar-refractivity contribution in [1.29, 1.82) is 0 Å². The molecule has 1 saturated heterocycles. The summed E-state index contributed by atoms with van der Waals surface area (Å²) in [5.41, 5.74) is 1.04. The molecule has 1 aliphatic rings. The Labute approximate surface area is 123 Å². The number of hydrogen-bond acceptors (Lipinski definition) is 6. The van der Waals surface area contributed by atoms with Crippen molar-refractivity contribution in [2.45, 2.75) is 13.0 Å². The Morgan fingerprint density at radius 1 is 1.42 bits per heavy atom. The zero-order valence-electron chi connectivity index (χ0n) is 10.4. The van der Waals surface area contributed by atoms with Crippen LogP contribution in [0.1, 0.15) is 16.8 Å². The minimum Gasteiger partial charge on any atom is -0.367 e. The van der Waals surface area contributed by atoms with Gasteiger partial charge in [-0.05, 0) is 22.9 Å². The molecule has 1 aliphatic heterocycles. The third-order valence-corrected chi connectivity index (χ3v) is 4.33. The zero-order chi connectivity index (χ0) is 13.2. The predicted molar refractivity (Wildman–Crippen MR) is 77.5 cm³/mol. The Hall–Kier alpha value is -1.05. The summed E-state index contributed by atoms with van der Waals surface area (Å²) in [7, 11) is 0. The van der Waals surface area contributed by atoms with Crippen LogP contribution in [-0.2, 0) is 4.74 Å². The number of anilines is 1. The van der Waals surface area contributed by atoms with Gasteiger partial charge in [0.1, 0.15) is 11.1 Å². The van der Waals surface area contributed by atoms with Crippen molar-refractivity contribution < 1.29 is 4.74 Å². The predicted octanol–water partition coefficient (Wildman–Crippen LogP) is 2.58. The molecule has 0 aliphatic carbocycles. The van der Waals surface area contributed by atoms with Crippen LogP contribution in [0.15, 0.2) is 22.2 Å². The fourth-order valence-corrected chi connectivity index (χ4v) is 3.01. The summed E-state index contributed by atoms with van der Waals surface area (Å²) in [5.74, 6) is 0.741. The Balaban J connectivity index is 1.76. The highest BCUT2D eigenvalue weighted by molar-refractivity contribution is 9.10. The summed E-state index contributed by atoms with van der Waals surface area (Å²) >= 11 is 4.99. The van der Waals surface area contributed by atoms with E-state index in [2.05, 4.69) is 35.8 Å². The van der Waals surface area contributed by atoms with Crippen molar-refractivity contribution in [2.75, 3.05) is 24.6 Å². The Kier molecular flexibility index (Phi) is 3.76. The number of morpholine rings is 1. The van der Waals surface area contributed by atoms with Gasteiger partial charge in [0.2, 0.25) is 5.95 Å². The molecule has 1 atom stereocenters. The van der Waals surface area contributed by atoms with Crippen LogP contribution in [0.3, 0.4) is 0 Å². The minimum atomic E-state index is 0.0136. The Bertz CT molecular complexity index is 559. The molecule has 0 bridgehead atoms. The maximum atomic E-state index is 5.79. The van der Waals surface area contributed by atoms with Gasteiger partial charge in [-0.25, -0.2) is 15.0 Å². The summed E-state index contributed by atoms with van der Waals surface area (Å²) in [6, 6.07) is 0. The normalized spacial score (nSPS) is 19.7. The van der Waals surface area contributed by atoms with E-state index >= 15 is 0 Å². The van der Waals surface area contributed by atoms with E-state index in [9.17, 15) is 0 Å². The lowest BCUT2D eigenvalue weighted by Gasteiger charge is -2.31. The number of nitrogens with zero attached hydrogens (tertiary/aromatic N) is 4. The summed E-state index contributed by atoms with van der Waals surface area (Å²) in [6.45, 7) is 4.22. The topological polar surface area (TPSA) is 51.1 Å². The first-order valence-electron chi connectivity index (χ1n) is 5.98. The van der Waals surface area contributed by atoms with Gasteiger partial charge < -0.3 is 9.64 Å². The SMILES string of the molecule is Cc1csc([C@@H]2CN(c3ncc(Br)cn3)CCO2)n1. The number of rotatable bonds is 2. The van der Waals surface area contributed by atoms with E-state index in [1.165, 1.54) is 0 Å². The van der Waals surface area contributed by atoms with Gasteiger partial charge in [0, 0.05) is 30.0 Å². The molecular weight excluding hydrogens is 328 g/mol. The Morgan fingerprint density at radius 3 is 2.89 bits per heavy atom. The van der Waals surface area contributed by atoms with Gasteiger partial charge in [-0.15, -0.1) is 11.3 Å². The molecule has 2 aromatic rings. The Morgan fingerprint density at radius 2 is 2.21 bits per heavy atom. The highest BCUT2D eigenvalue weighted by atomic mass is 79.9. The summed E-state index contributed by atoms with van der Waals surface area (Å²) in [5, 5.41) is 3.08. The van der Waals surface area contributed by atoms with Crippen LogP contribution in [0.25, 0.3) is 0 Å². The molecule has 3 rings (SSSR count). The zero-order valence-corrected chi connectivity index (χ0v) is 12.8. The molecule has 0 saturated carbocycles. The molecule has 19 heavy (non-hydrogen) atoms. The third kappa shape index (κ3) is 2.93. The van der Waals surface area contributed by atoms with Crippen LogP contribution in [0.5, 0.6) is 0 Å². The lowest BCUT2D eigenvalue weighted by atomic mass is 10.3. The number of aryl methyl sites for hydroxylation is 1. The number of aromatic nitrogens is 3. The molecular formula is C12H13BrN4OS. The van der Waals surface area contributed by atoms with Crippen molar-refractivity contribution >= 4 is 33.2 Å². The van der Waals surface area contributed by atoms with Crippen molar-refractivity contribution in [1.82, 2.24) is 15.0 Å². The van der Waals surface area contributed by atoms with Crippen molar-refractivity contribution in [3.8, 4) is 0 Å². The van der Waals surface area contributed by atoms with E-state index in [1.54, 1.807) is 23.7 Å². The molecule has 5 nitrogen and oxygen atoms in total. The molecule has 3 heterocycles. The fourth-order valence-electron chi connectivity index (χ4n) is 1.97. The maximum absolute atomic E-state index is 5.79. The van der Waals surface area contributed by atoms with Crippen LogP contribution >= 0.6 is 27.3 Å². The average molecular weight is 341 g/mol. The van der Waals surface area contributed by atoms with E-state index in [0.717, 1.165) is 34.2 Å². The van der Waals surface area contributed by atoms with Crippen molar-refractivity contribution in [3.05, 3.63) is 32.9 Å². The summed E-state index contributed by atoms with van der Waals surface area (Å²) in [4.78, 5) is 15.3. The first kappa shape index (κ1) is 13.0. The highest BCUT2D eigenvalue weighted by Gasteiger charge is 2.25. The number of halogens is 1. The van der Waals surface area contributed by atoms with Crippen LogP contribution in [0.2, 0.25) is 0 Å². The molecule has 0 radical (unpaired) electrons. The van der Waals surface area contributed by atoms with Crippen molar-refractivity contribution in [2.24, 2.45) is 0 Å². The van der Waals surface area contributed by atoms with E-state index in [0.29, 0.717) is 6.61 Å². The van der Waals surface area contributed by atoms with Gasteiger partial charge in [-0.2, -0.15) is 0 Å². The lowest BCUT2D eigenvalue weighted by Crippen LogP contribution is -2.39. The standard InChI is InChI=1S/C12H13BrN4OS/c1-8-7-19-11(16-8)10-6-17(2-3-18-10)12-14-4-9(13)5-15-12/h4-5,7,10H,2-3,6H2,1H3/t10-/m0/s1. The van der Waals surface area contributed by atoms with Crippen LogP contribution < -0.4 is 4.90 Å². The molecule has 2 aromatic heterocycles. The maximum Gasteiger partial charge on any atom is 0.225 e. The van der Waals surface area contributed by atoms with E-state index in [-0.39, 0.29) is 6.10 Å². The molecule has 0 unspecified atom stereocenters. The van der Waals surface area contributed by atoms with Gasteiger partial charge in [-0.1, -0.05) is 0 Å². The number of ether oxygens (including phenoxy) is 1. The fraction of sp³-hybridized carbons (Fsp3) is 0.417. The molecule has 1 fully saturated rings. The van der Waals surface area contributed by atoms with E-state index in [4.69, 9.17) is 4.74 Å². The minimum absolute atomic E-state index is 0.0136. The van der Waals surface area contributed by atoms with Crippen LogP contribution in [0, 0.1) is 6.92 Å². The van der Waals surface area contributed by atoms with Gasteiger partial charge in [0.05, 0.1) is 17.6 Å². The summed E-state index contributed by atoms with van der Waals surface area (Å²) < 4.78 is 6.68. The van der Waals surface area contributed by atoms with Gasteiger partial charge >= 0.3 is 0 Å². The quantitative estimate of drug-likeness (QED) is 0.840. The van der Waals surface area contributed by atoms with Crippen LogP contribution in [-0.4, -0.2) is 34.6 Å². The average Bonchev–Trinajstić information content (AvgIpc) is 2.86. The van der Waals surface area contributed by atoms with Gasteiger partial charge in [0.15, 0.2) is 0 Å². The summed E-state index contributed by atoms with van der Waals surface area (Å²) in [6.07, 6.45) is 3.54. The van der Waals surface area contributed by atoms with Crippen molar-refractivity contribution in [3.63, 3.8) is 0 Å². The second-order valence-electron chi connectivity index (χ2n) is 4.33. The number of thiazole rings is 1. The van der Waals surface area contributed by atoms with Gasteiger partial charge in [0.25, 0.3) is 0 Å². The molecule has 0 N–H and O–H groups in total. The first-order valence-corrected chi connectivity index (χ1v) is 7.66. The molecule has 7 heteroatoms.